The molecule has 20 heavy (non-hydrogen) atoms. The fourth-order valence-electron chi connectivity index (χ4n) is 2.44. The molecule has 0 saturated heterocycles. The maximum Gasteiger partial charge on any atom is 0.167 e. The first-order valence-electron chi connectivity index (χ1n) is 6.80. The molecule has 3 aromatic carbocycles. The quantitative estimate of drug-likeness (QED) is 0.630. The smallest absolute Gasteiger partial charge is 0.167 e. The summed E-state index contributed by atoms with van der Waals surface area (Å²) in [5.41, 5.74) is 3.09. The van der Waals surface area contributed by atoms with Crippen LogP contribution in [0.25, 0.3) is 10.8 Å². The van der Waals surface area contributed by atoms with Crippen LogP contribution in [0, 0.1) is 6.92 Å². The summed E-state index contributed by atoms with van der Waals surface area (Å²) in [4.78, 5) is 12.2. The summed E-state index contributed by atoms with van der Waals surface area (Å²) in [6, 6.07) is 22.1. The SMILES string of the molecule is Cc1ccc2cc(CC(=O)c3ccccc3)ccc2c1. The van der Waals surface area contributed by atoms with Gasteiger partial charge in [0.1, 0.15) is 0 Å². The molecule has 0 fully saturated rings. The number of aryl methyl sites for hydroxylation is 1. The number of carbonyl (C=O) groups is 1. The van der Waals surface area contributed by atoms with Gasteiger partial charge in [-0.3, -0.25) is 4.79 Å². The van der Waals surface area contributed by atoms with Crippen LogP contribution < -0.4 is 0 Å². The molecule has 1 nitrogen and oxygen atoms in total. The van der Waals surface area contributed by atoms with Gasteiger partial charge in [0.15, 0.2) is 5.78 Å². The van der Waals surface area contributed by atoms with Crippen LogP contribution in [0.4, 0.5) is 0 Å². The van der Waals surface area contributed by atoms with E-state index in [0.717, 1.165) is 11.1 Å². The predicted octanol–water partition coefficient (Wildman–Crippen LogP) is 4.57. The standard InChI is InChI=1S/C19H16O/c1-14-7-9-18-12-15(8-10-17(18)11-14)13-19(20)16-5-3-2-4-6-16/h2-12H,13H2,1H3. The molecular weight excluding hydrogens is 244 g/mol. The van der Waals surface area contributed by atoms with Gasteiger partial charge in [-0.1, -0.05) is 72.3 Å². The fourth-order valence-corrected chi connectivity index (χ4v) is 2.44. The zero-order valence-electron chi connectivity index (χ0n) is 11.5. The largest absolute Gasteiger partial charge is 0.294 e. The van der Waals surface area contributed by atoms with E-state index in [9.17, 15) is 4.79 Å². The van der Waals surface area contributed by atoms with Crippen molar-refractivity contribution >= 4 is 16.6 Å². The number of benzene rings is 3. The van der Waals surface area contributed by atoms with Crippen LogP contribution in [-0.2, 0) is 6.42 Å². The van der Waals surface area contributed by atoms with Crippen LogP contribution in [0.5, 0.6) is 0 Å². The van der Waals surface area contributed by atoms with Crippen molar-refractivity contribution in [2.24, 2.45) is 0 Å². The normalized spacial score (nSPS) is 10.7. The molecule has 1 heteroatoms. The van der Waals surface area contributed by atoms with Crippen molar-refractivity contribution in [2.45, 2.75) is 13.3 Å². The Bertz CT molecular complexity index is 757. The van der Waals surface area contributed by atoms with Crippen LogP contribution in [0.3, 0.4) is 0 Å². The Labute approximate surface area is 118 Å². The molecule has 3 aromatic rings. The third-order valence-corrected chi connectivity index (χ3v) is 3.52. The van der Waals surface area contributed by atoms with Gasteiger partial charge < -0.3 is 0 Å². The molecule has 98 valence electrons. The van der Waals surface area contributed by atoms with Crippen LogP contribution in [0.2, 0.25) is 0 Å². The van der Waals surface area contributed by atoms with E-state index in [-0.39, 0.29) is 5.78 Å². The van der Waals surface area contributed by atoms with E-state index in [1.54, 1.807) is 0 Å². The van der Waals surface area contributed by atoms with Crippen molar-refractivity contribution in [2.75, 3.05) is 0 Å². The summed E-state index contributed by atoms with van der Waals surface area (Å²) in [5, 5.41) is 2.41. The maximum absolute atomic E-state index is 12.2. The lowest BCUT2D eigenvalue weighted by atomic mass is 9.99. The average molecular weight is 260 g/mol. The second-order valence-corrected chi connectivity index (χ2v) is 5.15. The first-order valence-corrected chi connectivity index (χ1v) is 6.80. The zero-order chi connectivity index (χ0) is 13.9. The second-order valence-electron chi connectivity index (χ2n) is 5.15. The molecule has 0 aromatic heterocycles. The Hall–Kier alpha value is -2.41. The molecule has 0 bridgehead atoms. The van der Waals surface area contributed by atoms with Crippen molar-refractivity contribution in [3.63, 3.8) is 0 Å². The number of rotatable bonds is 3. The Morgan fingerprint density at radius 1 is 0.850 bits per heavy atom. The van der Waals surface area contributed by atoms with Crippen molar-refractivity contribution < 1.29 is 4.79 Å². The Morgan fingerprint density at radius 2 is 1.55 bits per heavy atom. The second kappa shape index (κ2) is 5.30. The van der Waals surface area contributed by atoms with Gasteiger partial charge in [-0.2, -0.15) is 0 Å². The summed E-state index contributed by atoms with van der Waals surface area (Å²) in [6.45, 7) is 2.09. The Kier molecular flexibility index (Phi) is 3.34. The number of hydrogen-bond acceptors (Lipinski definition) is 1. The van der Waals surface area contributed by atoms with Crippen molar-refractivity contribution in [1.29, 1.82) is 0 Å². The minimum Gasteiger partial charge on any atom is -0.294 e. The van der Waals surface area contributed by atoms with E-state index < -0.39 is 0 Å². The topological polar surface area (TPSA) is 17.1 Å². The number of fused-ring (bicyclic) bond motifs is 1. The molecular formula is C19H16O. The summed E-state index contributed by atoms with van der Waals surface area (Å²) >= 11 is 0. The third-order valence-electron chi connectivity index (χ3n) is 3.52. The summed E-state index contributed by atoms with van der Waals surface area (Å²) in [6.07, 6.45) is 0.452. The molecule has 0 spiro atoms. The van der Waals surface area contributed by atoms with Gasteiger partial charge in [-0.15, -0.1) is 0 Å². The minimum absolute atomic E-state index is 0.164. The molecule has 0 aliphatic rings. The van der Waals surface area contributed by atoms with Crippen LogP contribution >= 0.6 is 0 Å². The fraction of sp³-hybridized carbons (Fsp3) is 0.105. The summed E-state index contributed by atoms with van der Waals surface area (Å²) in [7, 11) is 0. The van der Waals surface area contributed by atoms with Gasteiger partial charge >= 0.3 is 0 Å². The van der Waals surface area contributed by atoms with E-state index in [1.807, 2.05) is 36.4 Å². The number of ketones is 1. The lowest BCUT2D eigenvalue weighted by molar-refractivity contribution is 0.0993. The highest BCUT2D eigenvalue weighted by molar-refractivity contribution is 5.98. The zero-order valence-corrected chi connectivity index (χ0v) is 11.5. The van der Waals surface area contributed by atoms with E-state index in [0.29, 0.717) is 6.42 Å². The summed E-state index contributed by atoms with van der Waals surface area (Å²) < 4.78 is 0. The highest BCUT2D eigenvalue weighted by atomic mass is 16.1. The van der Waals surface area contributed by atoms with Gasteiger partial charge in [0, 0.05) is 12.0 Å². The highest BCUT2D eigenvalue weighted by Crippen LogP contribution is 2.18. The van der Waals surface area contributed by atoms with E-state index in [1.165, 1.54) is 16.3 Å². The molecule has 0 radical (unpaired) electrons. The molecule has 0 atom stereocenters. The van der Waals surface area contributed by atoms with Crippen molar-refractivity contribution in [1.82, 2.24) is 0 Å². The van der Waals surface area contributed by atoms with E-state index >= 15 is 0 Å². The van der Waals surface area contributed by atoms with Gasteiger partial charge in [-0.05, 0) is 23.3 Å². The van der Waals surface area contributed by atoms with E-state index in [4.69, 9.17) is 0 Å². The number of hydrogen-bond donors (Lipinski definition) is 0. The molecule has 0 unspecified atom stereocenters. The maximum atomic E-state index is 12.2. The lowest BCUT2D eigenvalue weighted by Crippen LogP contribution is -2.03. The van der Waals surface area contributed by atoms with Crippen LogP contribution in [-0.4, -0.2) is 5.78 Å². The lowest BCUT2D eigenvalue weighted by Gasteiger charge is -2.05. The minimum atomic E-state index is 0.164. The molecule has 0 heterocycles. The van der Waals surface area contributed by atoms with Crippen molar-refractivity contribution in [3.05, 3.63) is 83.4 Å². The third kappa shape index (κ3) is 2.62. The Morgan fingerprint density at radius 3 is 2.35 bits per heavy atom. The molecule has 0 aliphatic carbocycles. The molecule has 0 aliphatic heterocycles. The Balaban J connectivity index is 1.88. The molecule has 0 N–H and O–H groups in total. The molecule has 3 rings (SSSR count). The van der Waals surface area contributed by atoms with Crippen molar-refractivity contribution in [3.8, 4) is 0 Å². The highest BCUT2D eigenvalue weighted by Gasteiger charge is 2.06. The predicted molar refractivity (Wildman–Crippen MR) is 83.2 cm³/mol. The van der Waals surface area contributed by atoms with Crippen LogP contribution in [0.15, 0.2) is 66.7 Å². The van der Waals surface area contributed by atoms with Gasteiger partial charge in [0.2, 0.25) is 0 Å². The number of carbonyl (C=O) groups excluding carboxylic acids is 1. The first-order chi connectivity index (χ1) is 9.72. The van der Waals surface area contributed by atoms with Gasteiger partial charge in [0.25, 0.3) is 0 Å². The first kappa shape index (κ1) is 12.6. The van der Waals surface area contributed by atoms with E-state index in [2.05, 4.69) is 37.3 Å². The molecule has 0 amide bonds. The number of Topliss-reactive ketones (excluding diaryl/α,β-unsaturated/α-hetero) is 1. The summed E-state index contributed by atoms with van der Waals surface area (Å²) in [5.74, 6) is 0.164. The van der Waals surface area contributed by atoms with Crippen LogP contribution in [0.1, 0.15) is 21.5 Å². The molecule has 0 saturated carbocycles. The van der Waals surface area contributed by atoms with Gasteiger partial charge in [0.05, 0.1) is 0 Å². The average Bonchev–Trinajstić information content (AvgIpc) is 2.48. The monoisotopic (exact) mass is 260 g/mol. The van der Waals surface area contributed by atoms with Gasteiger partial charge in [-0.25, -0.2) is 0 Å².